The van der Waals surface area contributed by atoms with Gasteiger partial charge in [-0.15, -0.1) is 0 Å². The standard InChI is InChI=1S/C14H15BrFNO/c1-2-14(18)11-3-4-17(9-11)8-10-5-12(15)7-13(16)6-10/h3-7,9,14,18H,2,8H2,1H3. The van der Waals surface area contributed by atoms with Crippen LogP contribution in [0.25, 0.3) is 0 Å². The lowest BCUT2D eigenvalue weighted by atomic mass is 10.1. The molecule has 1 heterocycles. The van der Waals surface area contributed by atoms with Crippen molar-refractivity contribution in [2.45, 2.75) is 26.0 Å². The minimum atomic E-state index is -0.425. The number of aromatic nitrogens is 1. The maximum Gasteiger partial charge on any atom is 0.124 e. The molecule has 0 aliphatic carbocycles. The average molecular weight is 312 g/mol. The number of halogens is 2. The molecule has 0 saturated heterocycles. The molecule has 96 valence electrons. The Kier molecular flexibility index (Phi) is 4.19. The van der Waals surface area contributed by atoms with Gasteiger partial charge in [0.1, 0.15) is 5.82 Å². The van der Waals surface area contributed by atoms with Crippen molar-refractivity contribution in [1.29, 1.82) is 0 Å². The molecule has 18 heavy (non-hydrogen) atoms. The van der Waals surface area contributed by atoms with E-state index in [0.29, 0.717) is 13.0 Å². The van der Waals surface area contributed by atoms with Crippen LogP contribution in [0.1, 0.15) is 30.6 Å². The molecular weight excluding hydrogens is 297 g/mol. The molecule has 1 N–H and O–H groups in total. The van der Waals surface area contributed by atoms with Gasteiger partial charge in [0.15, 0.2) is 0 Å². The van der Waals surface area contributed by atoms with E-state index >= 15 is 0 Å². The van der Waals surface area contributed by atoms with Crippen LogP contribution >= 0.6 is 15.9 Å². The molecule has 4 heteroatoms. The lowest BCUT2D eigenvalue weighted by molar-refractivity contribution is 0.173. The predicted octanol–water partition coefficient (Wildman–Crippen LogP) is 3.88. The minimum absolute atomic E-state index is 0.250. The van der Waals surface area contributed by atoms with Crippen LogP contribution in [-0.2, 0) is 6.54 Å². The first kappa shape index (κ1) is 13.3. The topological polar surface area (TPSA) is 25.2 Å². The monoisotopic (exact) mass is 311 g/mol. The van der Waals surface area contributed by atoms with Crippen LogP contribution in [-0.4, -0.2) is 9.67 Å². The van der Waals surface area contributed by atoms with Crippen molar-refractivity contribution in [3.63, 3.8) is 0 Å². The highest BCUT2D eigenvalue weighted by Crippen LogP contribution is 2.19. The smallest absolute Gasteiger partial charge is 0.124 e. The highest BCUT2D eigenvalue weighted by Gasteiger charge is 2.07. The van der Waals surface area contributed by atoms with Crippen molar-refractivity contribution < 1.29 is 9.50 Å². The molecule has 0 bridgehead atoms. The van der Waals surface area contributed by atoms with Gasteiger partial charge in [0, 0.05) is 23.4 Å². The van der Waals surface area contributed by atoms with Crippen molar-refractivity contribution in [3.05, 3.63) is 58.1 Å². The lowest BCUT2D eigenvalue weighted by Gasteiger charge is -2.06. The first-order chi connectivity index (χ1) is 8.58. The number of aliphatic hydroxyl groups is 1. The molecule has 2 rings (SSSR count). The Morgan fingerprint density at radius 3 is 2.83 bits per heavy atom. The highest BCUT2D eigenvalue weighted by atomic mass is 79.9. The summed E-state index contributed by atoms with van der Waals surface area (Å²) in [7, 11) is 0. The van der Waals surface area contributed by atoms with E-state index in [9.17, 15) is 9.50 Å². The van der Waals surface area contributed by atoms with E-state index in [1.54, 1.807) is 0 Å². The molecule has 0 aliphatic rings. The Labute approximate surface area is 114 Å². The van der Waals surface area contributed by atoms with Crippen LogP contribution < -0.4 is 0 Å². The van der Waals surface area contributed by atoms with E-state index in [1.807, 2.05) is 36.0 Å². The third-order valence-electron chi connectivity index (χ3n) is 2.83. The highest BCUT2D eigenvalue weighted by molar-refractivity contribution is 9.10. The first-order valence-corrected chi connectivity index (χ1v) is 6.66. The van der Waals surface area contributed by atoms with Crippen molar-refractivity contribution in [2.75, 3.05) is 0 Å². The largest absolute Gasteiger partial charge is 0.388 e. The number of benzene rings is 1. The predicted molar refractivity (Wildman–Crippen MR) is 72.9 cm³/mol. The molecule has 0 saturated carbocycles. The zero-order chi connectivity index (χ0) is 13.1. The third-order valence-corrected chi connectivity index (χ3v) is 3.29. The van der Waals surface area contributed by atoms with E-state index in [4.69, 9.17) is 0 Å². The molecule has 0 fully saturated rings. The van der Waals surface area contributed by atoms with Crippen LogP contribution in [0.15, 0.2) is 41.1 Å². The van der Waals surface area contributed by atoms with Gasteiger partial charge in [0.2, 0.25) is 0 Å². The summed E-state index contributed by atoms with van der Waals surface area (Å²) in [6, 6.07) is 6.73. The van der Waals surface area contributed by atoms with Crippen LogP contribution in [0.4, 0.5) is 4.39 Å². The molecule has 0 spiro atoms. The summed E-state index contributed by atoms with van der Waals surface area (Å²) in [5.41, 5.74) is 1.78. The summed E-state index contributed by atoms with van der Waals surface area (Å²) in [5.74, 6) is -0.250. The Morgan fingerprint density at radius 2 is 2.17 bits per heavy atom. The van der Waals surface area contributed by atoms with Crippen molar-refractivity contribution in [2.24, 2.45) is 0 Å². The number of aliphatic hydroxyl groups excluding tert-OH is 1. The fraction of sp³-hybridized carbons (Fsp3) is 0.286. The van der Waals surface area contributed by atoms with Gasteiger partial charge in [-0.3, -0.25) is 0 Å². The van der Waals surface area contributed by atoms with Crippen LogP contribution in [0, 0.1) is 5.82 Å². The molecule has 1 atom stereocenters. The number of nitrogens with zero attached hydrogens (tertiary/aromatic N) is 1. The van der Waals surface area contributed by atoms with Crippen LogP contribution in [0.2, 0.25) is 0 Å². The average Bonchev–Trinajstić information content (AvgIpc) is 2.75. The summed E-state index contributed by atoms with van der Waals surface area (Å²) >= 11 is 3.28. The number of hydrogen-bond acceptors (Lipinski definition) is 1. The zero-order valence-electron chi connectivity index (χ0n) is 10.1. The lowest BCUT2D eigenvalue weighted by Crippen LogP contribution is -1.98. The van der Waals surface area contributed by atoms with Gasteiger partial charge >= 0.3 is 0 Å². The molecule has 1 aromatic carbocycles. The Balaban J connectivity index is 2.16. The molecule has 0 amide bonds. The van der Waals surface area contributed by atoms with E-state index in [0.717, 1.165) is 15.6 Å². The molecule has 1 unspecified atom stereocenters. The van der Waals surface area contributed by atoms with Gasteiger partial charge in [-0.25, -0.2) is 4.39 Å². The van der Waals surface area contributed by atoms with Crippen molar-refractivity contribution in [1.82, 2.24) is 4.57 Å². The second kappa shape index (κ2) is 5.67. The quantitative estimate of drug-likeness (QED) is 0.910. The van der Waals surface area contributed by atoms with Gasteiger partial charge in [-0.1, -0.05) is 22.9 Å². The minimum Gasteiger partial charge on any atom is -0.388 e. The summed E-state index contributed by atoms with van der Waals surface area (Å²) in [6.45, 7) is 2.53. The zero-order valence-corrected chi connectivity index (χ0v) is 11.7. The van der Waals surface area contributed by atoms with Gasteiger partial charge in [-0.05, 0) is 41.8 Å². The van der Waals surface area contributed by atoms with Crippen molar-refractivity contribution >= 4 is 15.9 Å². The summed E-state index contributed by atoms with van der Waals surface area (Å²) in [6.07, 6.45) is 4.06. The van der Waals surface area contributed by atoms with Gasteiger partial charge in [0.25, 0.3) is 0 Å². The van der Waals surface area contributed by atoms with Crippen LogP contribution in [0.3, 0.4) is 0 Å². The Hall–Kier alpha value is -1.13. The molecular formula is C14H15BrFNO. The fourth-order valence-electron chi connectivity index (χ4n) is 1.90. The van der Waals surface area contributed by atoms with E-state index in [1.165, 1.54) is 12.1 Å². The molecule has 2 aromatic rings. The molecule has 0 radical (unpaired) electrons. The third kappa shape index (κ3) is 3.21. The number of hydrogen-bond donors (Lipinski definition) is 1. The van der Waals surface area contributed by atoms with Crippen molar-refractivity contribution in [3.8, 4) is 0 Å². The first-order valence-electron chi connectivity index (χ1n) is 5.87. The Bertz CT molecular complexity index is 518. The maximum atomic E-state index is 13.2. The second-order valence-corrected chi connectivity index (χ2v) is 5.23. The SMILES string of the molecule is CCC(O)c1ccn(Cc2cc(F)cc(Br)c2)c1. The van der Waals surface area contributed by atoms with Gasteiger partial charge in [-0.2, -0.15) is 0 Å². The van der Waals surface area contributed by atoms with E-state index in [-0.39, 0.29) is 5.82 Å². The summed E-state index contributed by atoms with van der Waals surface area (Å²) in [5, 5.41) is 9.72. The summed E-state index contributed by atoms with van der Waals surface area (Å²) < 4.78 is 15.9. The normalized spacial score (nSPS) is 12.7. The fourth-order valence-corrected chi connectivity index (χ4v) is 2.42. The molecule has 1 aromatic heterocycles. The Morgan fingerprint density at radius 1 is 1.39 bits per heavy atom. The second-order valence-electron chi connectivity index (χ2n) is 4.32. The van der Waals surface area contributed by atoms with Gasteiger partial charge in [0.05, 0.1) is 6.10 Å². The van der Waals surface area contributed by atoms with E-state index < -0.39 is 6.10 Å². The summed E-state index contributed by atoms with van der Waals surface area (Å²) in [4.78, 5) is 0. The molecule has 2 nitrogen and oxygen atoms in total. The maximum absolute atomic E-state index is 13.2. The van der Waals surface area contributed by atoms with E-state index in [2.05, 4.69) is 15.9 Å². The van der Waals surface area contributed by atoms with Gasteiger partial charge < -0.3 is 9.67 Å². The molecule has 0 aliphatic heterocycles. The number of rotatable bonds is 4. The van der Waals surface area contributed by atoms with Crippen LogP contribution in [0.5, 0.6) is 0 Å².